The van der Waals surface area contributed by atoms with Gasteiger partial charge >= 0.3 is 0 Å². The van der Waals surface area contributed by atoms with Crippen LogP contribution in [0.5, 0.6) is 0 Å². The molecule has 3 aromatic carbocycles. The smallest absolute Gasteiger partial charge is 0.246 e. The maximum absolute atomic E-state index is 13.1. The van der Waals surface area contributed by atoms with Crippen molar-refractivity contribution in [3.8, 4) is 16.9 Å². The maximum Gasteiger partial charge on any atom is 0.246 e. The first-order valence-electron chi connectivity index (χ1n) is 11.5. The van der Waals surface area contributed by atoms with E-state index in [1.807, 2.05) is 103 Å². The number of rotatable bonds is 9. The van der Waals surface area contributed by atoms with E-state index in [9.17, 15) is 9.59 Å². The van der Waals surface area contributed by atoms with Crippen LogP contribution in [0.25, 0.3) is 16.9 Å². The van der Waals surface area contributed by atoms with Crippen LogP contribution >= 0.6 is 0 Å². The molecule has 6 nitrogen and oxygen atoms in total. The Labute approximate surface area is 205 Å². The number of imidazole rings is 1. The van der Waals surface area contributed by atoms with E-state index in [1.54, 1.807) is 6.08 Å². The maximum atomic E-state index is 13.1. The minimum Gasteiger partial charge on any atom is -0.329 e. The average Bonchev–Trinajstić information content (AvgIpc) is 3.28. The van der Waals surface area contributed by atoms with Crippen molar-refractivity contribution in [1.29, 1.82) is 0 Å². The van der Waals surface area contributed by atoms with Crippen molar-refractivity contribution < 1.29 is 9.59 Å². The number of aromatic nitrogens is 2. The van der Waals surface area contributed by atoms with Crippen LogP contribution in [0.4, 0.5) is 5.95 Å². The van der Waals surface area contributed by atoms with Crippen molar-refractivity contribution in [3.05, 3.63) is 115 Å². The fourth-order valence-electron chi connectivity index (χ4n) is 3.82. The molecule has 0 unspecified atom stereocenters. The van der Waals surface area contributed by atoms with Crippen LogP contribution in [0.3, 0.4) is 0 Å². The van der Waals surface area contributed by atoms with Gasteiger partial charge in [-0.3, -0.25) is 19.5 Å². The van der Waals surface area contributed by atoms with Gasteiger partial charge in [0, 0.05) is 24.0 Å². The first-order chi connectivity index (χ1) is 17.0. The van der Waals surface area contributed by atoms with Gasteiger partial charge in [-0.2, -0.15) is 0 Å². The summed E-state index contributed by atoms with van der Waals surface area (Å²) in [6.45, 7) is 5.93. The number of aryl methyl sites for hydroxylation is 1. The Morgan fingerprint density at radius 3 is 2.40 bits per heavy atom. The van der Waals surface area contributed by atoms with Gasteiger partial charge in [0.25, 0.3) is 0 Å². The fraction of sp³-hybridized carbons (Fsp3) is 0.138. The summed E-state index contributed by atoms with van der Waals surface area (Å²) in [5.41, 5.74) is 4.57. The number of nitrogens with one attached hydrogen (secondary N) is 1. The van der Waals surface area contributed by atoms with Gasteiger partial charge in [-0.05, 0) is 30.2 Å². The predicted octanol–water partition coefficient (Wildman–Crippen LogP) is 5.04. The van der Waals surface area contributed by atoms with Gasteiger partial charge in [0.1, 0.15) is 6.54 Å². The Morgan fingerprint density at radius 2 is 1.71 bits per heavy atom. The number of anilines is 1. The number of carbonyl (C=O) groups excluding carboxylic acids is 2. The molecule has 0 aliphatic rings. The summed E-state index contributed by atoms with van der Waals surface area (Å²) < 4.78 is 1.86. The van der Waals surface area contributed by atoms with Gasteiger partial charge in [0.2, 0.25) is 17.8 Å². The molecule has 0 fully saturated rings. The van der Waals surface area contributed by atoms with Crippen LogP contribution in [0.2, 0.25) is 0 Å². The average molecular weight is 465 g/mol. The van der Waals surface area contributed by atoms with Crippen molar-refractivity contribution in [1.82, 2.24) is 14.5 Å². The largest absolute Gasteiger partial charge is 0.329 e. The lowest BCUT2D eigenvalue weighted by molar-refractivity contribution is -0.133. The Morgan fingerprint density at radius 1 is 1.00 bits per heavy atom. The molecule has 176 valence electrons. The zero-order chi connectivity index (χ0) is 24.6. The Hall–Kier alpha value is -4.45. The molecule has 4 aromatic rings. The molecule has 35 heavy (non-hydrogen) atoms. The number of benzene rings is 3. The SMILES string of the molecule is C=CCN(CC(=O)Nc1nc(-c2ccccc2)cn1-c1cccc(C)c1)C(=O)Cc1ccccc1. The summed E-state index contributed by atoms with van der Waals surface area (Å²) in [5, 5.41) is 2.91. The molecule has 0 atom stereocenters. The lowest BCUT2D eigenvalue weighted by Gasteiger charge is -2.21. The zero-order valence-corrected chi connectivity index (χ0v) is 19.7. The van der Waals surface area contributed by atoms with Gasteiger partial charge in [-0.25, -0.2) is 4.98 Å². The van der Waals surface area contributed by atoms with Crippen LogP contribution in [0, 0.1) is 6.92 Å². The van der Waals surface area contributed by atoms with Crippen LogP contribution in [0.1, 0.15) is 11.1 Å². The Bertz CT molecular complexity index is 1310. The molecule has 0 saturated heterocycles. The zero-order valence-electron chi connectivity index (χ0n) is 19.7. The first kappa shape index (κ1) is 23.7. The molecule has 0 aliphatic carbocycles. The van der Waals surface area contributed by atoms with Crippen molar-refractivity contribution in [3.63, 3.8) is 0 Å². The number of hydrogen-bond acceptors (Lipinski definition) is 3. The van der Waals surface area contributed by atoms with E-state index < -0.39 is 0 Å². The normalized spacial score (nSPS) is 10.5. The van der Waals surface area contributed by atoms with E-state index in [1.165, 1.54) is 4.90 Å². The quantitative estimate of drug-likeness (QED) is 0.353. The number of hydrogen-bond donors (Lipinski definition) is 1. The highest BCUT2D eigenvalue weighted by Gasteiger charge is 2.19. The van der Waals surface area contributed by atoms with Crippen LogP contribution in [0.15, 0.2) is 104 Å². The summed E-state index contributed by atoms with van der Waals surface area (Å²) >= 11 is 0. The molecule has 0 saturated carbocycles. The van der Waals surface area contributed by atoms with Crippen molar-refractivity contribution in [2.24, 2.45) is 0 Å². The number of amides is 2. The molecule has 0 bridgehead atoms. The lowest BCUT2D eigenvalue weighted by Crippen LogP contribution is -2.39. The fourth-order valence-corrected chi connectivity index (χ4v) is 3.82. The van der Waals surface area contributed by atoms with Gasteiger partial charge in [0.05, 0.1) is 12.1 Å². The highest BCUT2D eigenvalue weighted by atomic mass is 16.2. The molecule has 1 N–H and O–H groups in total. The summed E-state index contributed by atoms with van der Waals surface area (Å²) in [5.74, 6) is -0.0702. The number of carbonyl (C=O) groups is 2. The van der Waals surface area contributed by atoms with Crippen molar-refractivity contribution in [2.45, 2.75) is 13.3 Å². The molecule has 6 heteroatoms. The third-order valence-corrected chi connectivity index (χ3v) is 5.54. The third kappa shape index (κ3) is 6.12. The second-order valence-electron chi connectivity index (χ2n) is 8.30. The molecular formula is C29H28N4O2. The minimum absolute atomic E-state index is 0.0982. The van der Waals surface area contributed by atoms with E-state index in [-0.39, 0.29) is 31.3 Å². The van der Waals surface area contributed by atoms with E-state index in [2.05, 4.69) is 11.9 Å². The van der Waals surface area contributed by atoms with Crippen LogP contribution in [-0.2, 0) is 16.0 Å². The molecule has 0 radical (unpaired) electrons. The van der Waals surface area contributed by atoms with E-state index in [4.69, 9.17) is 4.98 Å². The third-order valence-electron chi connectivity index (χ3n) is 5.54. The monoisotopic (exact) mass is 464 g/mol. The predicted molar refractivity (Wildman–Crippen MR) is 139 cm³/mol. The minimum atomic E-state index is -0.327. The van der Waals surface area contributed by atoms with Gasteiger partial charge in [-0.1, -0.05) is 78.9 Å². The summed E-state index contributed by atoms with van der Waals surface area (Å²) in [7, 11) is 0. The Balaban J connectivity index is 1.56. The topological polar surface area (TPSA) is 67.2 Å². The standard InChI is InChI=1S/C29H28N4O2/c1-3-17-32(28(35)19-23-12-6-4-7-13-23)21-27(34)31-29-30-26(24-14-8-5-9-15-24)20-33(29)25-16-10-11-22(2)18-25/h3-16,18,20H,1,17,19,21H2,2H3,(H,30,31,34). The van der Waals surface area contributed by atoms with Crippen LogP contribution < -0.4 is 5.32 Å². The van der Waals surface area contributed by atoms with Crippen LogP contribution in [-0.4, -0.2) is 39.4 Å². The first-order valence-corrected chi connectivity index (χ1v) is 11.5. The van der Waals surface area contributed by atoms with Gasteiger partial charge < -0.3 is 4.90 Å². The van der Waals surface area contributed by atoms with Crippen molar-refractivity contribution >= 4 is 17.8 Å². The highest BCUT2D eigenvalue weighted by Crippen LogP contribution is 2.24. The van der Waals surface area contributed by atoms with Crippen molar-refractivity contribution in [2.75, 3.05) is 18.4 Å². The molecule has 2 amide bonds. The molecule has 1 heterocycles. The second-order valence-corrected chi connectivity index (χ2v) is 8.30. The molecule has 0 aliphatic heterocycles. The molecule has 1 aromatic heterocycles. The Kier molecular flexibility index (Phi) is 7.53. The van der Waals surface area contributed by atoms with E-state index in [0.717, 1.165) is 28.1 Å². The number of nitrogens with zero attached hydrogens (tertiary/aromatic N) is 3. The second kappa shape index (κ2) is 11.1. The summed E-state index contributed by atoms with van der Waals surface area (Å²) in [6, 6.07) is 27.3. The van der Waals surface area contributed by atoms with Gasteiger partial charge in [-0.15, -0.1) is 6.58 Å². The highest BCUT2D eigenvalue weighted by molar-refractivity contribution is 5.94. The van der Waals surface area contributed by atoms with Gasteiger partial charge in [0.15, 0.2) is 0 Å². The summed E-state index contributed by atoms with van der Waals surface area (Å²) in [4.78, 5) is 32.1. The van der Waals surface area contributed by atoms with E-state index in [0.29, 0.717) is 5.95 Å². The lowest BCUT2D eigenvalue weighted by atomic mass is 10.1. The molecule has 0 spiro atoms. The molecular weight excluding hydrogens is 436 g/mol. The van der Waals surface area contributed by atoms with E-state index >= 15 is 0 Å². The summed E-state index contributed by atoms with van der Waals surface area (Å²) in [6.07, 6.45) is 3.75. The molecule has 4 rings (SSSR count).